The summed E-state index contributed by atoms with van der Waals surface area (Å²) in [5.41, 5.74) is 1.30. The van der Waals surface area contributed by atoms with E-state index in [9.17, 15) is 5.11 Å². The van der Waals surface area contributed by atoms with Gasteiger partial charge >= 0.3 is 0 Å². The molecule has 0 radical (unpaired) electrons. The lowest BCUT2D eigenvalue weighted by Crippen LogP contribution is -2.28. The second kappa shape index (κ2) is 7.15. The van der Waals surface area contributed by atoms with Gasteiger partial charge in [0.2, 0.25) is 0 Å². The lowest BCUT2D eigenvalue weighted by Gasteiger charge is -2.21. The molecule has 1 aliphatic rings. The minimum atomic E-state index is 0. The monoisotopic (exact) mass is 313 g/mol. The number of hydrogen-bond acceptors (Lipinski definition) is 2. The molecule has 1 aliphatic carbocycles. The Morgan fingerprint density at radius 2 is 1.89 bits per heavy atom. The Kier molecular flexibility index (Phi) is 6.16. The first-order valence-electron chi connectivity index (χ1n) is 6.79. The summed E-state index contributed by atoms with van der Waals surface area (Å²) in [5.74, 6) is 1.03. The second-order valence-corrected chi connectivity index (χ2v) is 5.04. The summed E-state index contributed by atoms with van der Waals surface area (Å²) >= 11 is 0. The number of phenolic OH excluding ortho intramolecular Hbond substituents is 1. The van der Waals surface area contributed by atoms with Gasteiger partial charge in [-0.3, -0.25) is 4.90 Å². The van der Waals surface area contributed by atoms with Crippen LogP contribution < -0.4 is 0 Å². The fraction of sp³-hybridized carbons (Fsp3) is 0.600. The molecule has 0 amide bonds. The molecule has 0 spiro atoms. The van der Waals surface area contributed by atoms with E-state index in [2.05, 4.69) is 24.8 Å². The zero-order valence-corrected chi connectivity index (χ0v) is 13.0. The largest absolute Gasteiger partial charge is 0.508 e. The number of phenols is 1. The lowest BCUT2D eigenvalue weighted by molar-refractivity contribution is 0.260. The first kappa shape index (κ1) is 15.5. The fourth-order valence-electron chi connectivity index (χ4n) is 2.72. The van der Waals surface area contributed by atoms with Gasteiger partial charge in [-0.1, -0.05) is 26.0 Å². The van der Waals surface area contributed by atoms with Crippen molar-refractivity contribution in [1.82, 2.24) is 4.90 Å². The third-order valence-electron chi connectivity index (χ3n) is 3.55. The van der Waals surface area contributed by atoms with Crippen LogP contribution in [0.2, 0.25) is 0 Å². The maximum Gasteiger partial charge on any atom is 0.115 e. The van der Waals surface area contributed by atoms with E-state index in [1.165, 1.54) is 37.9 Å². The number of benzene rings is 1. The van der Waals surface area contributed by atoms with Gasteiger partial charge in [0.25, 0.3) is 0 Å². The van der Waals surface area contributed by atoms with Gasteiger partial charge in [-0.15, -0.1) is 17.0 Å². The Balaban J connectivity index is 0.00000162. The summed E-state index contributed by atoms with van der Waals surface area (Å²) < 4.78 is 0. The molecule has 18 heavy (non-hydrogen) atoms. The first-order valence-corrected chi connectivity index (χ1v) is 6.79. The Hall–Kier alpha value is -0.540. The van der Waals surface area contributed by atoms with Crippen molar-refractivity contribution >= 4 is 17.0 Å². The van der Waals surface area contributed by atoms with Crippen LogP contribution in [0.3, 0.4) is 0 Å². The highest BCUT2D eigenvalue weighted by Gasteiger charge is 2.41. The van der Waals surface area contributed by atoms with Crippen LogP contribution >= 0.6 is 17.0 Å². The van der Waals surface area contributed by atoms with Crippen LogP contribution in [-0.2, 0) is 0 Å². The van der Waals surface area contributed by atoms with E-state index >= 15 is 0 Å². The third-order valence-corrected chi connectivity index (χ3v) is 3.55. The zero-order valence-electron chi connectivity index (χ0n) is 11.3. The van der Waals surface area contributed by atoms with Crippen LogP contribution in [0, 0.1) is 0 Å². The molecule has 0 unspecified atom stereocenters. The topological polar surface area (TPSA) is 23.5 Å². The van der Waals surface area contributed by atoms with E-state index in [4.69, 9.17) is 0 Å². The molecule has 1 fully saturated rings. The number of halogens is 1. The molecule has 1 N–H and O–H groups in total. The van der Waals surface area contributed by atoms with E-state index in [1.807, 2.05) is 12.1 Å². The molecule has 0 aromatic heterocycles. The van der Waals surface area contributed by atoms with Crippen molar-refractivity contribution in [2.45, 2.75) is 45.1 Å². The van der Waals surface area contributed by atoms with Crippen molar-refractivity contribution in [3.63, 3.8) is 0 Å². The van der Waals surface area contributed by atoms with Gasteiger partial charge in [0, 0.05) is 12.0 Å². The SMILES string of the molecule is Br.CCCN(CCC)[C@H]1C[C@H]1c1cccc(O)c1. The quantitative estimate of drug-likeness (QED) is 0.859. The van der Waals surface area contributed by atoms with E-state index in [-0.39, 0.29) is 17.0 Å². The molecule has 1 saturated carbocycles. The molecular formula is C15H24BrNO. The van der Waals surface area contributed by atoms with Gasteiger partial charge in [-0.05, 0) is 50.0 Å². The fourth-order valence-corrected chi connectivity index (χ4v) is 2.72. The summed E-state index contributed by atoms with van der Waals surface area (Å²) in [5, 5.41) is 9.51. The van der Waals surface area contributed by atoms with Gasteiger partial charge in [0.05, 0.1) is 0 Å². The van der Waals surface area contributed by atoms with Crippen molar-refractivity contribution in [2.75, 3.05) is 13.1 Å². The molecule has 0 bridgehead atoms. The molecule has 0 aliphatic heterocycles. The van der Waals surface area contributed by atoms with E-state index in [0.29, 0.717) is 17.7 Å². The molecule has 2 nitrogen and oxygen atoms in total. The van der Waals surface area contributed by atoms with Crippen molar-refractivity contribution < 1.29 is 5.11 Å². The normalized spacial score (nSPS) is 21.7. The Morgan fingerprint density at radius 1 is 1.22 bits per heavy atom. The smallest absolute Gasteiger partial charge is 0.115 e. The molecule has 1 aromatic carbocycles. The molecule has 102 valence electrons. The predicted octanol–water partition coefficient (Wildman–Crippen LogP) is 3.95. The minimum absolute atomic E-state index is 0. The highest BCUT2D eigenvalue weighted by molar-refractivity contribution is 8.93. The summed E-state index contributed by atoms with van der Waals surface area (Å²) in [6, 6.07) is 8.46. The number of rotatable bonds is 6. The van der Waals surface area contributed by atoms with Gasteiger partial charge in [0.15, 0.2) is 0 Å². The third kappa shape index (κ3) is 3.72. The van der Waals surface area contributed by atoms with Crippen LogP contribution in [-0.4, -0.2) is 29.1 Å². The molecule has 3 heteroatoms. The summed E-state index contributed by atoms with van der Waals surface area (Å²) in [6.45, 7) is 6.89. The standard InChI is InChI=1S/C15H23NO.BrH/c1-3-8-16(9-4-2)15-11-14(15)12-6-5-7-13(17)10-12;/h5-7,10,14-15,17H,3-4,8-9,11H2,1-2H3;1H/t14-,15-;/m0./s1. The first-order chi connectivity index (χ1) is 8.26. The highest BCUT2D eigenvalue weighted by Crippen LogP contribution is 2.45. The van der Waals surface area contributed by atoms with Crippen LogP contribution in [0.1, 0.15) is 44.6 Å². The van der Waals surface area contributed by atoms with Crippen LogP contribution in [0.15, 0.2) is 24.3 Å². The van der Waals surface area contributed by atoms with Gasteiger partial charge in [-0.2, -0.15) is 0 Å². The van der Waals surface area contributed by atoms with Crippen LogP contribution in [0.4, 0.5) is 0 Å². The number of nitrogens with zero attached hydrogens (tertiary/aromatic N) is 1. The maximum atomic E-state index is 9.51. The van der Waals surface area contributed by atoms with E-state index in [1.54, 1.807) is 6.07 Å². The summed E-state index contributed by atoms with van der Waals surface area (Å²) in [6.07, 6.45) is 3.70. The number of hydrogen-bond donors (Lipinski definition) is 1. The van der Waals surface area contributed by atoms with Gasteiger partial charge in [0.1, 0.15) is 5.75 Å². The average molecular weight is 314 g/mol. The van der Waals surface area contributed by atoms with Crippen molar-refractivity contribution in [2.24, 2.45) is 0 Å². The molecule has 2 rings (SSSR count). The predicted molar refractivity (Wildman–Crippen MR) is 81.7 cm³/mol. The van der Waals surface area contributed by atoms with E-state index < -0.39 is 0 Å². The molecule has 0 heterocycles. The van der Waals surface area contributed by atoms with Crippen molar-refractivity contribution in [3.05, 3.63) is 29.8 Å². The van der Waals surface area contributed by atoms with E-state index in [0.717, 1.165) is 0 Å². The zero-order chi connectivity index (χ0) is 12.3. The Morgan fingerprint density at radius 3 is 2.44 bits per heavy atom. The average Bonchev–Trinajstić information content (AvgIpc) is 3.09. The molecule has 0 saturated heterocycles. The molecular weight excluding hydrogens is 290 g/mol. The molecule has 2 atom stereocenters. The second-order valence-electron chi connectivity index (χ2n) is 5.04. The van der Waals surface area contributed by atoms with Gasteiger partial charge in [-0.25, -0.2) is 0 Å². The van der Waals surface area contributed by atoms with Gasteiger partial charge < -0.3 is 5.11 Å². The molecule has 1 aromatic rings. The Labute approximate surface area is 121 Å². The van der Waals surface area contributed by atoms with Crippen LogP contribution in [0.5, 0.6) is 5.75 Å². The van der Waals surface area contributed by atoms with Crippen molar-refractivity contribution in [3.8, 4) is 5.75 Å². The maximum absolute atomic E-state index is 9.51. The Bertz CT molecular complexity index is 363. The van der Waals surface area contributed by atoms with Crippen molar-refractivity contribution in [1.29, 1.82) is 0 Å². The number of aromatic hydroxyl groups is 1. The van der Waals surface area contributed by atoms with Crippen LogP contribution in [0.25, 0.3) is 0 Å². The summed E-state index contributed by atoms with van der Waals surface area (Å²) in [7, 11) is 0. The summed E-state index contributed by atoms with van der Waals surface area (Å²) in [4.78, 5) is 2.61. The minimum Gasteiger partial charge on any atom is -0.508 e. The highest BCUT2D eigenvalue weighted by atomic mass is 79.9. The lowest BCUT2D eigenvalue weighted by atomic mass is 10.1.